The van der Waals surface area contributed by atoms with Gasteiger partial charge in [0.25, 0.3) is 0 Å². The van der Waals surface area contributed by atoms with Gasteiger partial charge in [0, 0.05) is 42.7 Å². The van der Waals surface area contributed by atoms with E-state index >= 15 is 0 Å². The third-order valence-electron chi connectivity index (χ3n) is 3.76. The Labute approximate surface area is 147 Å². The summed E-state index contributed by atoms with van der Waals surface area (Å²) in [5, 5.41) is 0. The van der Waals surface area contributed by atoms with Crippen LogP contribution in [0.5, 0.6) is 0 Å². The fraction of sp³-hybridized carbons (Fsp3) is 0.429. The van der Waals surface area contributed by atoms with Gasteiger partial charge in [-0.25, -0.2) is 0 Å². The highest BCUT2D eigenvalue weighted by molar-refractivity contribution is 5.12. The van der Waals surface area contributed by atoms with E-state index in [0.29, 0.717) is 17.9 Å². The maximum absolute atomic E-state index is 3.14. The van der Waals surface area contributed by atoms with Crippen LogP contribution in [0.3, 0.4) is 0 Å². The van der Waals surface area contributed by atoms with Crippen LogP contribution in [0, 0.1) is 0 Å². The molecule has 0 aliphatic rings. The van der Waals surface area contributed by atoms with Crippen molar-refractivity contribution < 1.29 is 0 Å². The van der Waals surface area contributed by atoms with Gasteiger partial charge in [-0.15, -0.1) is 0 Å². The summed E-state index contributed by atoms with van der Waals surface area (Å²) in [6, 6.07) is 10.9. The summed E-state index contributed by atoms with van der Waals surface area (Å²) in [6.07, 6.45) is 10.1. The van der Waals surface area contributed by atoms with Crippen LogP contribution in [0.25, 0.3) is 0 Å². The maximum atomic E-state index is 3.14. The molecular formula is C21H33N3. The van der Waals surface area contributed by atoms with Crippen molar-refractivity contribution >= 4 is 0 Å². The van der Waals surface area contributed by atoms with Crippen molar-refractivity contribution in [1.82, 2.24) is 14.5 Å². The lowest BCUT2D eigenvalue weighted by atomic mass is 10.1. The van der Waals surface area contributed by atoms with E-state index in [-0.39, 0.29) is 0 Å². The zero-order valence-electron chi connectivity index (χ0n) is 16.0. The minimum Gasteiger partial charge on any atom is -0.367 e. The smallest absolute Gasteiger partial charge is 0.0274 e. The first-order chi connectivity index (χ1) is 11.4. The normalized spacial score (nSPS) is 10.4. The van der Waals surface area contributed by atoms with Crippen LogP contribution < -0.4 is 0 Å². The topological polar surface area (TPSA) is 36.5 Å². The molecule has 3 aromatic rings. The number of nitrogens with zero attached hydrogens (tertiary/aromatic N) is 1. The molecule has 2 N–H and O–H groups in total. The van der Waals surface area contributed by atoms with E-state index in [4.69, 9.17) is 0 Å². The highest BCUT2D eigenvalue weighted by Crippen LogP contribution is 2.11. The standard InChI is InChI=1S/3C7H11N/c1-6(2)7-3-4-8-5-7;1-7(2)8-5-3-4-6-8;1-6(2)7-4-3-5-8-7/h3-6,8H,1-2H3;3-7H,1-2H3;3-6,8H,1-2H3. The molecule has 0 bridgehead atoms. The van der Waals surface area contributed by atoms with Gasteiger partial charge < -0.3 is 14.5 Å². The molecule has 3 aromatic heterocycles. The van der Waals surface area contributed by atoms with Crippen LogP contribution in [-0.4, -0.2) is 14.5 Å². The van der Waals surface area contributed by atoms with Crippen molar-refractivity contribution in [2.75, 3.05) is 0 Å². The average molecular weight is 328 g/mol. The highest BCUT2D eigenvalue weighted by atomic mass is 15.0. The van der Waals surface area contributed by atoms with Crippen molar-refractivity contribution in [2.24, 2.45) is 0 Å². The van der Waals surface area contributed by atoms with Crippen molar-refractivity contribution in [3.8, 4) is 0 Å². The second kappa shape index (κ2) is 10.6. The Morgan fingerprint density at radius 3 is 1.71 bits per heavy atom. The molecule has 0 amide bonds. The van der Waals surface area contributed by atoms with Gasteiger partial charge in [0.2, 0.25) is 0 Å². The summed E-state index contributed by atoms with van der Waals surface area (Å²) >= 11 is 0. The quantitative estimate of drug-likeness (QED) is 0.563. The number of aromatic nitrogens is 3. The molecule has 3 nitrogen and oxygen atoms in total. The minimum atomic E-state index is 0.602. The van der Waals surface area contributed by atoms with Crippen molar-refractivity contribution in [3.63, 3.8) is 0 Å². The van der Waals surface area contributed by atoms with Gasteiger partial charge in [-0.2, -0.15) is 0 Å². The third kappa shape index (κ3) is 7.40. The first-order valence-electron chi connectivity index (χ1n) is 8.80. The van der Waals surface area contributed by atoms with Gasteiger partial charge in [0.15, 0.2) is 0 Å². The van der Waals surface area contributed by atoms with Crippen LogP contribution in [0.15, 0.2) is 61.3 Å². The number of nitrogens with one attached hydrogen (secondary N) is 2. The molecule has 0 saturated carbocycles. The van der Waals surface area contributed by atoms with Crippen LogP contribution in [0.4, 0.5) is 0 Å². The first kappa shape index (κ1) is 19.9. The van der Waals surface area contributed by atoms with E-state index in [1.807, 2.05) is 36.8 Å². The third-order valence-corrected chi connectivity index (χ3v) is 3.76. The van der Waals surface area contributed by atoms with E-state index in [9.17, 15) is 0 Å². The van der Waals surface area contributed by atoms with E-state index < -0.39 is 0 Å². The first-order valence-corrected chi connectivity index (χ1v) is 8.80. The SMILES string of the molecule is CC(C)c1cc[nH]c1.CC(C)c1ccc[nH]1.CC(C)n1cccc1. The predicted molar refractivity (Wildman–Crippen MR) is 105 cm³/mol. The van der Waals surface area contributed by atoms with Gasteiger partial charge in [-0.1, -0.05) is 27.7 Å². The summed E-state index contributed by atoms with van der Waals surface area (Å²) in [7, 11) is 0. The van der Waals surface area contributed by atoms with Crippen LogP contribution in [-0.2, 0) is 0 Å². The summed E-state index contributed by atoms with van der Waals surface area (Å²) in [4.78, 5) is 6.15. The van der Waals surface area contributed by atoms with Crippen LogP contribution >= 0.6 is 0 Å². The number of H-pyrrole nitrogens is 2. The Hall–Kier alpha value is -2.16. The Morgan fingerprint density at radius 1 is 0.792 bits per heavy atom. The van der Waals surface area contributed by atoms with E-state index in [0.717, 1.165) is 0 Å². The van der Waals surface area contributed by atoms with Crippen LogP contribution in [0.2, 0.25) is 0 Å². The largest absolute Gasteiger partial charge is 0.367 e. The van der Waals surface area contributed by atoms with Crippen molar-refractivity contribution in [1.29, 1.82) is 0 Å². The molecule has 0 aliphatic carbocycles. The van der Waals surface area contributed by atoms with E-state index in [1.54, 1.807) is 0 Å². The van der Waals surface area contributed by atoms with Gasteiger partial charge in [0.1, 0.15) is 0 Å². The van der Waals surface area contributed by atoms with Crippen molar-refractivity contribution in [3.05, 3.63) is 72.6 Å². The fourth-order valence-corrected chi connectivity index (χ4v) is 2.09. The molecule has 0 aromatic carbocycles. The molecule has 3 heteroatoms. The molecule has 0 atom stereocenters. The van der Waals surface area contributed by atoms with Crippen LogP contribution in [0.1, 0.15) is 70.7 Å². The van der Waals surface area contributed by atoms with Gasteiger partial charge in [0.05, 0.1) is 0 Å². The molecule has 3 rings (SSSR count). The molecule has 0 saturated heterocycles. The molecule has 0 spiro atoms. The second-order valence-electron chi connectivity index (χ2n) is 6.80. The number of rotatable bonds is 3. The maximum Gasteiger partial charge on any atom is 0.0274 e. The molecule has 0 fully saturated rings. The molecule has 3 heterocycles. The summed E-state index contributed by atoms with van der Waals surface area (Å²) < 4.78 is 2.17. The Bertz CT molecular complexity index is 509. The van der Waals surface area contributed by atoms with Gasteiger partial charge >= 0.3 is 0 Å². The Morgan fingerprint density at radius 2 is 1.46 bits per heavy atom. The molecule has 0 radical (unpaired) electrons. The lowest BCUT2D eigenvalue weighted by Gasteiger charge is -2.03. The summed E-state index contributed by atoms with van der Waals surface area (Å²) in [6.45, 7) is 13.0. The minimum absolute atomic E-state index is 0.602. The molecule has 132 valence electrons. The predicted octanol–water partition coefficient (Wildman–Crippen LogP) is 6.35. The zero-order valence-corrected chi connectivity index (χ0v) is 16.0. The summed E-state index contributed by atoms with van der Waals surface area (Å²) in [5.74, 6) is 1.28. The lowest BCUT2D eigenvalue weighted by Crippen LogP contribution is -1.94. The molecule has 0 aliphatic heterocycles. The van der Waals surface area contributed by atoms with Gasteiger partial charge in [-0.05, 0) is 61.6 Å². The monoisotopic (exact) mass is 327 g/mol. The fourth-order valence-electron chi connectivity index (χ4n) is 2.09. The molecule has 0 unspecified atom stereocenters. The molecular weight excluding hydrogens is 294 g/mol. The number of hydrogen-bond donors (Lipinski definition) is 2. The zero-order chi connectivity index (χ0) is 17.9. The lowest BCUT2D eigenvalue weighted by molar-refractivity contribution is 0.604. The Balaban J connectivity index is 0.000000180. The van der Waals surface area contributed by atoms with Crippen molar-refractivity contribution in [2.45, 2.75) is 59.4 Å². The van der Waals surface area contributed by atoms with Gasteiger partial charge in [-0.3, -0.25) is 0 Å². The van der Waals surface area contributed by atoms with E-state index in [1.165, 1.54) is 11.3 Å². The number of hydrogen-bond acceptors (Lipinski definition) is 0. The summed E-state index contributed by atoms with van der Waals surface area (Å²) in [5.41, 5.74) is 2.69. The molecule has 24 heavy (non-hydrogen) atoms. The van der Waals surface area contributed by atoms with E-state index in [2.05, 4.69) is 80.6 Å². The second-order valence-corrected chi connectivity index (χ2v) is 6.80. The average Bonchev–Trinajstić information content (AvgIpc) is 3.29. The highest BCUT2D eigenvalue weighted by Gasteiger charge is 1.95. The number of aromatic amines is 2. The Kier molecular flexibility index (Phi) is 8.77.